The van der Waals surface area contributed by atoms with Gasteiger partial charge < -0.3 is 4.90 Å². The maximum atomic E-state index is 12.8. The van der Waals surface area contributed by atoms with Crippen LogP contribution in [0.25, 0.3) is 16.4 Å². The minimum absolute atomic E-state index is 0.0177. The number of carbonyl (C=O) groups excluding carboxylic acids is 1. The Kier molecular flexibility index (Phi) is 3.59. The minimum atomic E-state index is -0.212. The summed E-state index contributed by atoms with van der Waals surface area (Å²) in [6, 6.07) is 9.77. The van der Waals surface area contributed by atoms with E-state index in [0.29, 0.717) is 11.9 Å². The molecule has 124 valence electrons. The second-order valence-corrected chi connectivity index (χ2v) is 6.24. The number of hydrogen-bond donors (Lipinski definition) is 0. The van der Waals surface area contributed by atoms with E-state index in [1.807, 2.05) is 46.6 Å². The second kappa shape index (κ2) is 5.78. The monoisotopic (exact) mass is 324 g/mol. The van der Waals surface area contributed by atoms with Crippen molar-refractivity contribution in [2.24, 2.45) is 0 Å². The van der Waals surface area contributed by atoms with Crippen molar-refractivity contribution in [2.75, 3.05) is 13.1 Å². The van der Waals surface area contributed by atoms with E-state index >= 15 is 0 Å². The molecule has 1 aromatic carbocycles. The largest absolute Gasteiger partial charge is 0.341 e. The van der Waals surface area contributed by atoms with Crippen LogP contribution in [0.3, 0.4) is 0 Å². The first-order valence-corrected chi connectivity index (χ1v) is 8.47. The van der Waals surface area contributed by atoms with Gasteiger partial charge in [0.2, 0.25) is 5.91 Å². The Morgan fingerprint density at radius 2 is 1.92 bits per heavy atom. The summed E-state index contributed by atoms with van der Waals surface area (Å²) in [7, 11) is 0. The number of fused-ring (bicyclic) bond motifs is 3. The van der Waals surface area contributed by atoms with Crippen molar-refractivity contribution in [3.8, 4) is 0 Å². The van der Waals surface area contributed by atoms with Crippen LogP contribution in [0.2, 0.25) is 0 Å². The van der Waals surface area contributed by atoms with Crippen molar-refractivity contribution >= 4 is 22.3 Å². The van der Waals surface area contributed by atoms with E-state index < -0.39 is 0 Å². The number of rotatable bonds is 3. The van der Waals surface area contributed by atoms with E-state index in [-0.39, 0.29) is 18.0 Å². The van der Waals surface area contributed by atoms with Crippen molar-refractivity contribution in [1.29, 1.82) is 0 Å². The van der Waals surface area contributed by atoms with Gasteiger partial charge in [-0.25, -0.2) is 4.68 Å². The Labute approximate surface area is 139 Å². The molecule has 0 unspecified atom stereocenters. The van der Waals surface area contributed by atoms with E-state index in [9.17, 15) is 9.59 Å². The molecule has 1 aliphatic rings. The molecule has 2 aromatic heterocycles. The molecule has 24 heavy (non-hydrogen) atoms. The van der Waals surface area contributed by atoms with E-state index in [2.05, 4.69) is 5.10 Å². The van der Waals surface area contributed by atoms with Gasteiger partial charge in [-0.2, -0.15) is 5.10 Å². The average Bonchev–Trinajstić information content (AvgIpc) is 3.25. The predicted molar refractivity (Wildman–Crippen MR) is 92.2 cm³/mol. The van der Waals surface area contributed by atoms with Crippen LogP contribution in [0.5, 0.6) is 0 Å². The molecule has 6 heteroatoms. The zero-order chi connectivity index (χ0) is 16.7. The molecule has 0 atom stereocenters. The Morgan fingerprint density at radius 1 is 1.17 bits per heavy atom. The minimum Gasteiger partial charge on any atom is -0.341 e. The number of amides is 1. The van der Waals surface area contributed by atoms with Crippen LogP contribution in [-0.2, 0) is 17.8 Å². The first kappa shape index (κ1) is 14.9. The van der Waals surface area contributed by atoms with Gasteiger partial charge in [0.15, 0.2) is 0 Å². The fourth-order valence-electron chi connectivity index (χ4n) is 3.48. The lowest BCUT2D eigenvalue weighted by Gasteiger charge is -2.16. The fourth-order valence-corrected chi connectivity index (χ4v) is 3.48. The molecule has 1 fully saturated rings. The maximum absolute atomic E-state index is 12.8. The quantitative estimate of drug-likeness (QED) is 0.738. The summed E-state index contributed by atoms with van der Waals surface area (Å²) < 4.78 is 3.24. The van der Waals surface area contributed by atoms with Crippen molar-refractivity contribution in [3.63, 3.8) is 0 Å². The van der Waals surface area contributed by atoms with Gasteiger partial charge in [-0.1, -0.05) is 25.1 Å². The first-order chi connectivity index (χ1) is 11.7. The highest BCUT2D eigenvalue weighted by Gasteiger charge is 2.20. The van der Waals surface area contributed by atoms with Gasteiger partial charge in [-0.15, -0.1) is 0 Å². The number of para-hydroxylation sites is 1. The number of hydrogen-bond acceptors (Lipinski definition) is 3. The van der Waals surface area contributed by atoms with Gasteiger partial charge in [-0.05, 0) is 25.0 Å². The number of likely N-dealkylation sites (tertiary alicyclic amines) is 1. The van der Waals surface area contributed by atoms with Gasteiger partial charge in [-0.3, -0.25) is 14.0 Å². The molecule has 4 rings (SSSR count). The van der Waals surface area contributed by atoms with Crippen LogP contribution < -0.4 is 5.56 Å². The van der Waals surface area contributed by atoms with Crippen LogP contribution in [0.15, 0.2) is 35.1 Å². The summed E-state index contributed by atoms with van der Waals surface area (Å²) in [5.41, 5.74) is 1.35. The van der Waals surface area contributed by atoms with Gasteiger partial charge in [0.05, 0.1) is 5.52 Å². The smallest absolute Gasteiger partial charge is 0.291 e. The summed E-state index contributed by atoms with van der Waals surface area (Å²) in [6.45, 7) is 3.59. The van der Waals surface area contributed by atoms with Gasteiger partial charge in [0, 0.05) is 24.9 Å². The Bertz CT molecular complexity index is 980. The number of aryl methyl sites for hydroxylation is 1. The molecule has 3 aromatic rings. The van der Waals surface area contributed by atoms with Crippen LogP contribution in [-0.4, -0.2) is 38.1 Å². The van der Waals surface area contributed by atoms with Gasteiger partial charge in [0.1, 0.15) is 17.9 Å². The van der Waals surface area contributed by atoms with Gasteiger partial charge in [0.25, 0.3) is 5.56 Å². The second-order valence-electron chi connectivity index (χ2n) is 6.24. The molecule has 1 aliphatic heterocycles. The van der Waals surface area contributed by atoms with Crippen LogP contribution in [0, 0.1) is 0 Å². The van der Waals surface area contributed by atoms with Crippen molar-refractivity contribution in [3.05, 3.63) is 46.5 Å². The molecule has 0 spiro atoms. The zero-order valence-electron chi connectivity index (χ0n) is 13.7. The highest BCUT2D eigenvalue weighted by molar-refractivity contribution is 5.87. The van der Waals surface area contributed by atoms with Crippen LogP contribution in [0.1, 0.15) is 25.6 Å². The maximum Gasteiger partial charge on any atom is 0.291 e. The topological polar surface area (TPSA) is 59.6 Å². The Morgan fingerprint density at radius 3 is 2.67 bits per heavy atom. The summed E-state index contributed by atoms with van der Waals surface area (Å²) in [5, 5.41) is 5.48. The van der Waals surface area contributed by atoms with Crippen molar-refractivity contribution in [1.82, 2.24) is 19.1 Å². The zero-order valence-corrected chi connectivity index (χ0v) is 13.7. The molecule has 1 amide bonds. The molecule has 1 saturated heterocycles. The third-order valence-corrected chi connectivity index (χ3v) is 4.72. The third-order valence-electron chi connectivity index (χ3n) is 4.72. The Hall–Kier alpha value is -2.63. The van der Waals surface area contributed by atoms with Gasteiger partial charge >= 0.3 is 0 Å². The Balaban J connectivity index is 1.85. The standard InChI is InChI=1S/C18H20N4O2/c1-2-16-19-21(12-17(23)20-9-5-6-10-20)18(24)15-11-13-7-3-4-8-14(13)22(15)16/h3-4,7-8,11H,2,5-6,9-10,12H2,1H3. The van der Waals surface area contributed by atoms with E-state index in [1.165, 1.54) is 4.68 Å². The molecule has 0 radical (unpaired) electrons. The summed E-state index contributed by atoms with van der Waals surface area (Å²) >= 11 is 0. The van der Waals surface area contributed by atoms with E-state index in [4.69, 9.17) is 0 Å². The highest BCUT2D eigenvalue weighted by atomic mass is 16.2. The van der Waals surface area contributed by atoms with Crippen LogP contribution >= 0.6 is 0 Å². The number of carbonyl (C=O) groups is 1. The SMILES string of the molecule is CCc1nn(CC(=O)N2CCCC2)c(=O)c2cc3ccccc3n12. The molecular weight excluding hydrogens is 304 g/mol. The number of benzene rings is 1. The average molecular weight is 324 g/mol. The van der Waals surface area contributed by atoms with Crippen molar-refractivity contribution < 1.29 is 4.79 Å². The molecule has 3 heterocycles. The summed E-state index contributed by atoms with van der Waals surface area (Å²) in [4.78, 5) is 27.0. The molecule has 0 aliphatic carbocycles. The lowest BCUT2D eigenvalue weighted by Crippen LogP contribution is -2.36. The molecule has 0 saturated carbocycles. The molecule has 0 bridgehead atoms. The predicted octanol–water partition coefficient (Wildman–Crippen LogP) is 1.83. The van der Waals surface area contributed by atoms with Crippen molar-refractivity contribution in [2.45, 2.75) is 32.7 Å². The highest BCUT2D eigenvalue weighted by Crippen LogP contribution is 2.19. The lowest BCUT2D eigenvalue weighted by molar-refractivity contribution is -0.131. The molecular formula is C18H20N4O2. The lowest BCUT2D eigenvalue weighted by atomic mass is 10.2. The normalized spacial score (nSPS) is 14.8. The third kappa shape index (κ3) is 2.29. The number of aromatic nitrogens is 3. The fraction of sp³-hybridized carbons (Fsp3) is 0.389. The molecule has 6 nitrogen and oxygen atoms in total. The van der Waals surface area contributed by atoms with E-state index in [1.54, 1.807) is 0 Å². The summed E-state index contributed by atoms with van der Waals surface area (Å²) in [6.07, 6.45) is 2.77. The van der Waals surface area contributed by atoms with E-state index in [0.717, 1.165) is 42.7 Å². The first-order valence-electron chi connectivity index (χ1n) is 8.47. The molecule has 0 N–H and O–H groups in total. The summed E-state index contributed by atoms with van der Waals surface area (Å²) in [5.74, 6) is 0.768. The van der Waals surface area contributed by atoms with Crippen LogP contribution in [0.4, 0.5) is 0 Å². The number of nitrogens with zero attached hydrogens (tertiary/aromatic N) is 4.